The zero-order valence-electron chi connectivity index (χ0n) is 13.3. The van der Waals surface area contributed by atoms with Gasteiger partial charge in [-0.15, -0.1) is 0 Å². The largest absolute Gasteiger partial charge is 0.335 e. The fraction of sp³-hybridized carbons (Fsp3) is 0.625. The number of imidazole rings is 1. The minimum absolute atomic E-state index is 0.199. The van der Waals surface area contributed by atoms with Gasteiger partial charge in [0.05, 0.1) is 6.33 Å². The molecule has 0 N–H and O–H groups in total. The smallest absolute Gasteiger partial charge is 0.278 e. The van der Waals surface area contributed by atoms with Crippen LogP contribution in [0.15, 0.2) is 17.0 Å². The first-order valence-corrected chi connectivity index (χ1v) is 8.34. The van der Waals surface area contributed by atoms with Gasteiger partial charge in [-0.05, 0) is 32.6 Å². The Morgan fingerprint density at radius 3 is 2.70 bits per heavy atom. The van der Waals surface area contributed by atoms with Gasteiger partial charge >= 0.3 is 0 Å². The van der Waals surface area contributed by atoms with E-state index in [1.807, 2.05) is 4.57 Å². The van der Waals surface area contributed by atoms with Crippen molar-refractivity contribution in [3.63, 3.8) is 0 Å². The zero-order chi connectivity index (χ0) is 15.8. The summed E-state index contributed by atoms with van der Waals surface area (Å²) in [5.74, 6) is 1.17. The second kappa shape index (κ2) is 5.79. The van der Waals surface area contributed by atoms with E-state index in [0.29, 0.717) is 36.0 Å². The van der Waals surface area contributed by atoms with Crippen LogP contribution in [-0.4, -0.2) is 42.6 Å². The van der Waals surface area contributed by atoms with Crippen LogP contribution in [0.5, 0.6) is 0 Å². The van der Waals surface area contributed by atoms with Gasteiger partial charge in [0.25, 0.3) is 5.89 Å². The minimum atomic E-state index is 0.199. The zero-order valence-corrected chi connectivity index (χ0v) is 13.3. The Balaban J connectivity index is 1.46. The Bertz CT molecular complexity index is 697. The predicted octanol–water partition coefficient (Wildman–Crippen LogP) is 2.18. The molecule has 0 saturated heterocycles. The molecule has 2 heterocycles. The van der Waals surface area contributed by atoms with Crippen LogP contribution in [0.3, 0.4) is 0 Å². The molecule has 23 heavy (non-hydrogen) atoms. The molecule has 0 spiro atoms. The van der Waals surface area contributed by atoms with E-state index in [0.717, 1.165) is 25.7 Å². The van der Waals surface area contributed by atoms with Gasteiger partial charge in [-0.2, -0.15) is 4.98 Å². The van der Waals surface area contributed by atoms with Crippen molar-refractivity contribution in [3.05, 3.63) is 18.3 Å². The summed E-state index contributed by atoms with van der Waals surface area (Å²) in [6.07, 6.45) is 10.5. The molecule has 0 aromatic carbocycles. The quantitative estimate of drug-likeness (QED) is 0.845. The van der Waals surface area contributed by atoms with Crippen molar-refractivity contribution in [1.82, 2.24) is 24.6 Å². The highest BCUT2D eigenvalue weighted by Gasteiger charge is 2.38. The average molecular weight is 315 g/mol. The minimum Gasteiger partial charge on any atom is -0.335 e. The highest BCUT2D eigenvalue weighted by atomic mass is 16.5. The lowest BCUT2D eigenvalue weighted by Gasteiger charge is -2.29. The molecular weight excluding hydrogens is 294 g/mol. The lowest BCUT2D eigenvalue weighted by Crippen LogP contribution is -2.42. The Hall–Kier alpha value is -2.18. The summed E-state index contributed by atoms with van der Waals surface area (Å²) < 4.78 is 6.92. The van der Waals surface area contributed by atoms with Crippen molar-refractivity contribution in [3.8, 4) is 11.6 Å². The number of aryl methyl sites for hydroxylation is 1. The molecule has 2 fully saturated rings. The van der Waals surface area contributed by atoms with Crippen LogP contribution in [0.2, 0.25) is 0 Å². The third-order valence-corrected chi connectivity index (χ3v) is 4.64. The van der Waals surface area contributed by atoms with Gasteiger partial charge < -0.3 is 14.0 Å². The summed E-state index contributed by atoms with van der Waals surface area (Å²) in [5.41, 5.74) is 0.609. The van der Waals surface area contributed by atoms with Gasteiger partial charge in [0.15, 0.2) is 5.82 Å². The number of rotatable bonds is 5. The van der Waals surface area contributed by atoms with E-state index in [9.17, 15) is 4.79 Å². The molecule has 7 nitrogen and oxygen atoms in total. The van der Waals surface area contributed by atoms with E-state index in [1.165, 1.54) is 12.8 Å². The monoisotopic (exact) mass is 315 g/mol. The summed E-state index contributed by atoms with van der Waals surface area (Å²) in [4.78, 5) is 23.3. The molecule has 0 atom stereocenters. The Morgan fingerprint density at radius 1 is 1.30 bits per heavy atom. The van der Waals surface area contributed by atoms with Crippen molar-refractivity contribution in [2.75, 3.05) is 0 Å². The summed E-state index contributed by atoms with van der Waals surface area (Å²) >= 11 is 0. The molecule has 1 amide bonds. The number of carbonyl (C=O) groups excluding carboxylic acids is 1. The van der Waals surface area contributed by atoms with Crippen molar-refractivity contribution >= 4 is 5.91 Å². The van der Waals surface area contributed by atoms with Crippen molar-refractivity contribution in [2.45, 2.75) is 64.1 Å². The van der Waals surface area contributed by atoms with Gasteiger partial charge in [0, 0.05) is 18.3 Å². The molecule has 2 aromatic heterocycles. The summed E-state index contributed by atoms with van der Waals surface area (Å²) in [5, 5.41) is 3.76. The second-order valence-corrected chi connectivity index (χ2v) is 6.55. The Kier molecular flexibility index (Phi) is 3.63. The number of hydrogen-bond acceptors (Lipinski definition) is 5. The van der Waals surface area contributed by atoms with Crippen LogP contribution < -0.4 is 0 Å². The standard InChI is InChI=1S/C16H21N5O2/c1-11-18-16(23-19-11)14-8-20(10-17-14)9-15(22)21(13-6-7-13)12-4-2-3-5-12/h8,10,12-13H,2-7,9H2,1H3. The first-order valence-electron chi connectivity index (χ1n) is 8.34. The third kappa shape index (κ3) is 3.00. The van der Waals surface area contributed by atoms with Gasteiger partial charge in [-0.3, -0.25) is 4.79 Å². The normalized spacial score (nSPS) is 18.5. The van der Waals surface area contributed by atoms with Gasteiger partial charge in [-0.25, -0.2) is 4.98 Å². The Labute approximate surface area is 134 Å². The number of amides is 1. The maximum atomic E-state index is 12.8. The van der Waals surface area contributed by atoms with Crippen LogP contribution in [0.25, 0.3) is 11.6 Å². The van der Waals surface area contributed by atoms with Gasteiger partial charge in [-0.1, -0.05) is 18.0 Å². The highest BCUT2D eigenvalue weighted by molar-refractivity contribution is 5.77. The summed E-state index contributed by atoms with van der Waals surface area (Å²) in [6, 6.07) is 0.906. The van der Waals surface area contributed by atoms with Crippen LogP contribution >= 0.6 is 0 Å². The molecule has 2 aliphatic carbocycles. The molecule has 7 heteroatoms. The molecule has 2 saturated carbocycles. The Morgan fingerprint density at radius 2 is 2.04 bits per heavy atom. The highest BCUT2D eigenvalue weighted by Crippen LogP contribution is 2.34. The topological polar surface area (TPSA) is 77.0 Å². The summed E-state index contributed by atoms with van der Waals surface area (Å²) in [7, 11) is 0. The van der Waals surface area contributed by atoms with E-state index in [-0.39, 0.29) is 5.91 Å². The van der Waals surface area contributed by atoms with E-state index in [1.54, 1.807) is 19.4 Å². The van der Waals surface area contributed by atoms with Crippen LogP contribution in [-0.2, 0) is 11.3 Å². The van der Waals surface area contributed by atoms with Gasteiger partial charge in [0.1, 0.15) is 12.2 Å². The molecular formula is C16H21N5O2. The van der Waals surface area contributed by atoms with E-state index in [4.69, 9.17) is 4.52 Å². The van der Waals surface area contributed by atoms with Crippen LogP contribution in [0.1, 0.15) is 44.3 Å². The third-order valence-electron chi connectivity index (χ3n) is 4.64. The number of hydrogen-bond donors (Lipinski definition) is 0. The molecule has 122 valence electrons. The van der Waals surface area contributed by atoms with E-state index >= 15 is 0 Å². The molecule has 0 unspecified atom stereocenters. The molecule has 4 rings (SSSR count). The first kappa shape index (κ1) is 14.4. The second-order valence-electron chi connectivity index (χ2n) is 6.55. The van der Waals surface area contributed by atoms with E-state index in [2.05, 4.69) is 20.0 Å². The van der Waals surface area contributed by atoms with E-state index < -0.39 is 0 Å². The lowest BCUT2D eigenvalue weighted by molar-refractivity contribution is -0.134. The summed E-state index contributed by atoms with van der Waals surface area (Å²) in [6.45, 7) is 2.09. The SMILES string of the molecule is Cc1noc(-c2cn(CC(=O)N(C3CCCC3)C3CC3)cn2)n1. The molecule has 2 aliphatic rings. The lowest BCUT2D eigenvalue weighted by atomic mass is 10.2. The first-order chi connectivity index (χ1) is 11.2. The fourth-order valence-electron chi connectivity index (χ4n) is 3.44. The van der Waals surface area contributed by atoms with Crippen LogP contribution in [0.4, 0.5) is 0 Å². The average Bonchev–Trinajstić information content (AvgIpc) is 2.96. The maximum absolute atomic E-state index is 12.8. The molecule has 0 bridgehead atoms. The van der Waals surface area contributed by atoms with Crippen molar-refractivity contribution in [1.29, 1.82) is 0 Å². The predicted molar refractivity (Wildman–Crippen MR) is 82.4 cm³/mol. The van der Waals surface area contributed by atoms with Crippen LogP contribution in [0, 0.1) is 6.92 Å². The maximum Gasteiger partial charge on any atom is 0.278 e. The number of carbonyl (C=O) groups is 1. The van der Waals surface area contributed by atoms with Crippen molar-refractivity contribution in [2.24, 2.45) is 0 Å². The van der Waals surface area contributed by atoms with Crippen molar-refractivity contribution < 1.29 is 9.32 Å². The molecule has 0 radical (unpaired) electrons. The number of nitrogens with zero attached hydrogens (tertiary/aromatic N) is 5. The molecule has 0 aliphatic heterocycles. The fourth-order valence-corrected chi connectivity index (χ4v) is 3.44. The number of aromatic nitrogens is 4. The van der Waals surface area contributed by atoms with Gasteiger partial charge in [0.2, 0.25) is 5.91 Å². The molecule has 2 aromatic rings.